The van der Waals surface area contributed by atoms with Crippen molar-refractivity contribution in [3.8, 4) is 5.75 Å². The molecule has 0 spiro atoms. The predicted molar refractivity (Wildman–Crippen MR) is 74.4 cm³/mol. The minimum Gasteiger partial charge on any atom is -0.495 e. The molecule has 4 nitrogen and oxygen atoms in total. The summed E-state index contributed by atoms with van der Waals surface area (Å²) >= 11 is 4.99. The van der Waals surface area contributed by atoms with Crippen molar-refractivity contribution in [2.24, 2.45) is 0 Å². The third-order valence-electron chi connectivity index (χ3n) is 2.90. The Balaban J connectivity index is 2.64. The van der Waals surface area contributed by atoms with Crippen molar-refractivity contribution in [2.75, 3.05) is 7.11 Å². The molecule has 0 fully saturated rings. The molecule has 96 valence electrons. The summed E-state index contributed by atoms with van der Waals surface area (Å²) in [4.78, 5) is 12.1. The number of ether oxygens (including phenoxy) is 1. The molecule has 2 heterocycles. The Morgan fingerprint density at radius 1 is 1.16 bits per heavy atom. The Kier molecular flexibility index (Phi) is 2.64. The number of fused-ring (bicyclic) bond motifs is 2. The summed E-state index contributed by atoms with van der Waals surface area (Å²) in [5.74, 6) is 0.980. The summed E-state index contributed by atoms with van der Waals surface area (Å²) in [5.41, 5.74) is 0.823. The van der Waals surface area contributed by atoms with Crippen molar-refractivity contribution in [3.05, 3.63) is 45.0 Å². The zero-order valence-corrected chi connectivity index (χ0v) is 11.2. The van der Waals surface area contributed by atoms with E-state index < -0.39 is 0 Å². The summed E-state index contributed by atoms with van der Waals surface area (Å²) in [6.45, 7) is 1.72. The van der Waals surface area contributed by atoms with Crippen LogP contribution in [-0.4, -0.2) is 7.11 Å². The van der Waals surface area contributed by atoms with Crippen LogP contribution in [-0.2, 0) is 0 Å². The summed E-state index contributed by atoms with van der Waals surface area (Å²) in [5, 5.41) is 1.10. The van der Waals surface area contributed by atoms with Crippen molar-refractivity contribution in [3.63, 3.8) is 0 Å². The maximum atomic E-state index is 12.1. The first-order valence-electron chi connectivity index (χ1n) is 5.65. The third-order valence-corrected chi connectivity index (χ3v) is 3.12. The van der Waals surface area contributed by atoms with E-state index in [0.717, 1.165) is 0 Å². The lowest BCUT2D eigenvalue weighted by Gasteiger charge is -2.08. The Labute approximate surface area is 113 Å². The van der Waals surface area contributed by atoms with E-state index in [9.17, 15) is 4.79 Å². The Morgan fingerprint density at radius 3 is 2.68 bits per heavy atom. The highest BCUT2D eigenvalue weighted by Crippen LogP contribution is 2.33. The molecular weight excluding hydrogens is 264 g/mol. The van der Waals surface area contributed by atoms with E-state index in [0.29, 0.717) is 38.2 Å². The lowest BCUT2D eigenvalue weighted by molar-refractivity contribution is 0.422. The van der Waals surface area contributed by atoms with Crippen molar-refractivity contribution in [1.82, 2.24) is 0 Å². The molecule has 3 aromatic rings. The molecule has 3 rings (SSSR count). The maximum absolute atomic E-state index is 12.1. The van der Waals surface area contributed by atoms with Crippen LogP contribution in [0.25, 0.3) is 21.9 Å². The molecule has 5 heteroatoms. The molecule has 0 aliphatic carbocycles. The van der Waals surface area contributed by atoms with Crippen LogP contribution in [0.5, 0.6) is 5.75 Å². The van der Waals surface area contributed by atoms with Gasteiger partial charge in [0.05, 0.1) is 12.5 Å². The number of rotatable bonds is 1. The van der Waals surface area contributed by atoms with E-state index in [2.05, 4.69) is 0 Å². The molecule has 0 saturated heterocycles. The topological polar surface area (TPSA) is 52.6 Å². The number of aryl methyl sites for hydroxylation is 1. The molecule has 0 aliphatic rings. The van der Waals surface area contributed by atoms with E-state index in [1.165, 1.54) is 13.2 Å². The average molecular weight is 274 g/mol. The van der Waals surface area contributed by atoms with Gasteiger partial charge in [0.2, 0.25) is 0 Å². The van der Waals surface area contributed by atoms with Crippen LogP contribution in [0.3, 0.4) is 0 Å². The van der Waals surface area contributed by atoms with Gasteiger partial charge in [-0.1, -0.05) is 0 Å². The number of methoxy groups -OCH3 is 1. The normalized spacial score (nSPS) is 11.1. The van der Waals surface area contributed by atoms with Gasteiger partial charge in [-0.15, -0.1) is 0 Å². The van der Waals surface area contributed by atoms with Crippen LogP contribution in [0.2, 0.25) is 0 Å². The van der Waals surface area contributed by atoms with E-state index >= 15 is 0 Å². The second kappa shape index (κ2) is 4.20. The largest absolute Gasteiger partial charge is 0.495 e. The van der Waals surface area contributed by atoms with Gasteiger partial charge in [-0.3, -0.25) is 4.79 Å². The fourth-order valence-electron chi connectivity index (χ4n) is 2.15. The molecule has 0 amide bonds. The first kappa shape index (κ1) is 11.9. The molecule has 2 aromatic heterocycles. The van der Waals surface area contributed by atoms with Crippen LogP contribution in [0.15, 0.2) is 37.9 Å². The summed E-state index contributed by atoms with van der Waals surface area (Å²) in [7, 11) is 1.51. The lowest BCUT2D eigenvalue weighted by Crippen LogP contribution is -2.03. The maximum Gasteiger partial charge on any atom is 0.196 e. The SMILES string of the molecule is COc1c2ccc(=S)oc2cc2oc(C)cc(=O)c12. The minimum atomic E-state index is -0.139. The molecule has 1 aromatic carbocycles. The van der Waals surface area contributed by atoms with Crippen LogP contribution in [0, 0.1) is 11.6 Å². The van der Waals surface area contributed by atoms with Gasteiger partial charge in [0, 0.05) is 12.1 Å². The first-order valence-corrected chi connectivity index (χ1v) is 6.06. The highest BCUT2D eigenvalue weighted by molar-refractivity contribution is 7.71. The van der Waals surface area contributed by atoms with Crippen molar-refractivity contribution < 1.29 is 13.6 Å². The molecule has 19 heavy (non-hydrogen) atoms. The quantitative estimate of drug-likeness (QED) is 0.501. The van der Waals surface area contributed by atoms with Gasteiger partial charge in [0.25, 0.3) is 0 Å². The molecule has 0 aliphatic heterocycles. The second-order valence-corrected chi connectivity index (χ2v) is 4.57. The Hall–Kier alpha value is -2.14. The Bertz CT molecular complexity index is 905. The monoisotopic (exact) mass is 274 g/mol. The van der Waals surface area contributed by atoms with E-state index in [1.807, 2.05) is 0 Å². The van der Waals surface area contributed by atoms with Crippen LogP contribution >= 0.6 is 12.2 Å². The van der Waals surface area contributed by atoms with E-state index in [-0.39, 0.29) is 5.43 Å². The van der Waals surface area contributed by atoms with Crippen molar-refractivity contribution in [2.45, 2.75) is 6.92 Å². The fourth-order valence-corrected chi connectivity index (χ4v) is 2.31. The first-order chi connectivity index (χ1) is 9.10. The van der Waals surface area contributed by atoms with Crippen molar-refractivity contribution in [1.29, 1.82) is 0 Å². The zero-order valence-electron chi connectivity index (χ0n) is 10.4. The summed E-state index contributed by atoms with van der Waals surface area (Å²) in [6.07, 6.45) is 0. The van der Waals surface area contributed by atoms with Crippen molar-refractivity contribution >= 4 is 34.2 Å². The highest BCUT2D eigenvalue weighted by atomic mass is 32.1. The summed E-state index contributed by atoms with van der Waals surface area (Å²) in [6, 6.07) is 6.53. The molecular formula is C14H10O4S. The smallest absolute Gasteiger partial charge is 0.196 e. The summed E-state index contributed by atoms with van der Waals surface area (Å²) < 4.78 is 16.7. The highest BCUT2D eigenvalue weighted by Gasteiger charge is 2.14. The van der Waals surface area contributed by atoms with Gasteiger partial charge in [0.1, 0.15) is 28.1 Å². The van der Waals surface area contributed by atoms with Gasteiger partial charge in [-0.25, -0.2) is 0 Å². The molecule has 0 saturated carbocycles. The molecule has 0 radical (unpaired) electrons. The predicted octanol–water partition coefficient (Wildman–Crippen LogP) is 3.59. The second-order valence-electron chi connectivity index (χ2n) is 4.17. The van der Waals surface area contributed by atoms with E-state index in [1.54, 1.807) is 25.1 Å². The average Bonchev–Trinajstić information content (AvgIpc) is 2.35. The number of hydrogen-bond acceptors (Lipinski definition) is 5. The van der Waals surface area contributed by atoms with Crippen LogP contribution in [0.1, 0.15) is 5.76 Å². The van der Waals surface area contributed by atoms with Gasteiger partial charge in [-0.2, -0.15) is 0 Å². The minimum absolute atomic E-state index is 0.139. The molecule has 0 atom stereocenters. The zero-order chi connectivity index (χ0) is 13.6. The van der Waals surface area contributed by atoms with Crippen LogP contribution < -0.4 is 10.2 Å². The molecule has 0 N–H and O–H groups in total. The van der Waals surface area contributed by atoms with E-state index in [4.69, 9.17) is 25.8 Å². The van der Waals surface area contributed by atoms with Crippen LogP contribution in [0.4, 0.5) is 0 Å². The van der Waals surface area contributed by atoms with Gasteiger partial charge < -0.3 is 13.6 Å². The number of benzene rings is 1. The standard InChI is InChI=1S/C14H10O4S/c1-7-5-9(15)13-11(17-7)6-10-8(14(13)16-2)3-4-12(19)18-10/h3-6H,1-2H3. The van der Waals surface area contributed by atoms with Gasteiger partial charge >= 0.3 is 0 Å². The fraction of sp³-hybridized carbons (Fsp3) is 0.143. The molecule has 0 bridgehead atoms. The van der Waals surface area contributed by atoms with Gasteiger partial charge in [-0.05, 0) is 31.3 Å². The lowest BCUT2D eigenvalue weighted by atomic mass is 10.1. The number of hydrogen-bond donors (Lipinski definition) is 0. The molecule has 0 unspecified atom stereocenters. The third kappa shape index (κ3) is 1.82. The van der Waals surface area contributed by atoms with Gasteiger partial charge in [0.15, 0.2) is 10.1 Å². The Morgan fingerprint density at radius 2 is 1.95 bits per heavy atom.